The van der Waals surface area contributed by atoms with Crippen molar-refractivity contribution in [3.63, 3.8) is 0 Å². The topological polar surface area (TPSA) is 125 Å². The molecule has 0 radical (unpaired) electrons. The first kappa shape index (κ1) is 30.1. The number of hydrogen-bond acceptors (Lipinski definition) is 5. The largest absolute Gasteiger partial charge is 0.343 e. The second-order valence-electron chi connectivity index (χ2n) is 11.0. The lowest BCUT2D eigenvalue weighted by Crippen LogP contribution is -2.63. The Morgan fingerprint density at radius 2 is 1.62 bits per heavy atom. The van der Waals surface area contributed by atoms with Crippen molar-refractivity contribution in [3.8, 4) is 0 Å². The fourth-order valence-electron chi connectivity index (χ4n) is 5.25. The van der Waals surface area contributed by atoms with E-state index in [1.807, 2.05) is 44.2 Å². The number of benzene rings is 1. The van der Waals surface area contributed by atoms with Gasteiger partial charge in [0.1, 0.15) is 24.2 Å². The smallest absolute Gasteiger partial charge is 0.245 e. The third kappa shape index (κ3) is 8.76. The van der Waals surface area contributed by atoms with E-state index in [0.29, 0.717) is 45.1 Å². The number of allylic oxidation sites excluding steroid dienone is 1. The van der Waals surface area contributed by atoms with Gasteiger partial charge in [-0.05, 0) is 56.1 Å². The fraction of sp³-hybridized carbons (Fsp3) is 0.567. The lowest BCUT2D eigenvalue weighted by molar-refractivity contribution is -0.147. The Hall–Kier alpha value is -3.49. The van der Waals surface area contributed by atoms with Crippen molar-refractivity contribution in [1.82, 2.24) is 20.9 Å². The molecule has 2 saturated heterocycles. The zero-order chi connectivity index (χ0) is 28.4. The Balaban J connectivity index is 1.91. The zero-order valence-electron chi connectivity index (χ0n) is 23.1. The number of piperidine rings is 1. The maximum absolute atomic E-state index is 13.7. The van der Waals surface area contributed by atoms with Crippen LogP contribution < -0.4 is 16.0 Å². The van der Waals surface area contributed by atoms with Crippen LogP contribution in [-0.4, -0.2) is 65.0 Å². The monoisotopic (exact) mass is 538 g/mol. The molecule has 2 fully saturated rings. The van der Waals surface area contributed by atoms with E-state index in [4.69, 9.17) is 0 Å². The quantitative estimate of drug-likeness (QED) is 0.312. The van der Waals surface area contributed by atoms with Crippen molar-refractivity contribution in [2.45, 2.75) is 95.8 Å². The van der Waals surface area contributed by atoms with E-state index in [1.54, 1.807) is 4.90 Å². The van der Waals surface area contributed by atoms with Crippen LogP contribution in [0, 0.1) is 5.92 Å². The number of unbranched alkanes of at least 4 members (excludes halogenated alkanes) is 1. The number of ketones is 1. The van der Waals surface area contributed by atoms with Gasteiger partial charge < -0.3 is 20.9 Å². The predicted molar refractivity (Wildman–Crippen MR) is 148 cm³/mol. The summed E-state index contributed by atoms with van der Waals surface area (Å²) in [6.45, 7) is 7.87. The van der Waals surface area contributed by atoms with Gasteiger partial charge in [0, 0.05) is 19.4 Å². The summed E-state index contributed by atoms with van der Waals surface area (Å²) in [4.78, 5) is 67.5. The Bertz CT molecular complexity index is 1040. The van der Waals surface area contributed by atoms with Gasteiger partial charge in [-0.25, -0.2) is 0 Å². The average molecular weight is 539 g/mol. The molecule has 4 atom stereocenters. The van der Waals surface area contributed by atoms with Crippen LogP contribution in [0.4, 0.5) is 0 Å². The van der Waals surface area contributed by atoms with Gasteiger partial charge in [0.25, 0.3) is 0 Å². The fourth-order valence-corrected chi connectivity index (χ4v) is 5.25. The molecule has 1 aromatic rings. The number of carbonyl (C=O) groups is 5. The predicted octanol–water partition coefficient (Wildman–Crippen LogP) is 2.44. The molecule has 4 unspecified atom stereocenters. The molecule has 3 N–H and O–H groups in total. The van der Waals surface area contributed by atoms with E-state index in [0.717, 1.165) is 18.4 Å². The molecule has 2 heterocycles. The van der Waals surface area contributed by atoms with E-state index >= 15 is 0 Å². The summed E-state index contributed by atoms with van der Waals surface area (Å²) in [5.41, 5.74) is 0.858. The van der Waals surface area contributed by atoms with Crippen molar-refractivity contribution in [2.24, 2.45) is 5.92 Å². The molecule has 212 valence electrons. The minimum atomic E-state index is -0.930. The Morgan fingerprint density at radius 3 is 2.31 bits per heavy atom. The Morgan fingerprint density at radius 1 is 0.949 bits per heavy atom. The highest BCUT2D eigenvalue weighted by atomic mass is 16.2. The van der Waals surface area contributed by atoms with Gasteiger partial charge in [-0.15, -0.1) is 0 Å². The minimum Gasteiger partial charge on any atom is -0.343 e. The molecule has 0 aromatic heterocycles. The Labute approximate surface area is 231 Å². The molecule has 3 rings (SSSR count). The second kappa shape index (κ2) is 14.6. The number of hydrogen-bond donors (Lipinski definition) is 3. The van der Waals surface area contributed by atoms with E-state index < -0.39 is 36.0 Å². The van der Waals surface area contributed by atoms with Crippen molar-refractivity contribution in [2.75, 3.05) is 6.54 Å². The molecule has 0 saturated carbocycles. The molecule has 0 bridgehead atoms. The van der Waals surface area contributed by atoms with E-state index in [2.05, 4.69) is 22.5 Å². The third-order valence-electron chi connectivity index (χ3n) is 7.35. The van der Waals surface area contributed by atoms with Crippen LogP contribution in [0.1, 0.15) is 70.8 Å². The third-order valence-corrected chi connectivity index (χ3v) is 7.35. The zero-order valence-corrected chi connectivity index (χ0v) is 23.1. The highest BCUT2D eigenvalue weighted by Crippen LogP contribution is 2.21. The molecule has 1 aromatic carbocycles. The van der Waals surface area contributed by atoms with Gasteiger partial charge in [-0.2, -0.15) is 0 Å². The molecule has 0 aliphatic carbocycles. The first-order valence-electron chi connectivity index (χ1n) is 14.1. The van der Waals surface area contributed by atoms with Crippen LogP contribution in [0.2, 0.25) is 0 Å². The van der Waals surface area contributed by atoms with Crippen molar-refractivity contribution in [3.05, 3.63) is 48.6 Å². The molecule has 9 heteroatoms. The summed E-state index contributed by atoms with van der Waals surface area (Å²) in [6, 6.07) is 6.03. The SMILES string of the molecule is C=CC(=O)CCCCC1NC(=O)C2CCCCN2C(=O)C(CC(C)C)NC(=O)C(Cc2ccccc2)NC1=O. The minimum absolute atomic E-state index is 0.0749. The number of carbonyl (C=O) groups excluding carboxylic acids is 5. The van der Waals surface area contributed by atoms with Gasteiger partial charge in [0.15, 0.2) is 5.78 Å². The molecule has 2 aliphatic heterocycles. The highest BCUT2D eigenvalue weighted by Gasteiger charge is 2.39. The number of amides is 4. The van der Waals surface area contributed by atoms with E-state index in [9.17, 15) is 24.0 Å². The molecule has 2 aliphatic rings. The summed E-state index contributed by atoms with van der Waals surface area (Å²) < 4.78 is 0. The van der Waals surface area contributed by atoms with Gasteiger partial charge in [-0.3, -0.25) is 24.0 Å². The lowest BCUT2D eigenvalue weighted by atomic mass is 9.95. The van der Waals surface area contributed by atoms with E-state index in [1.165, 1.54) is 6.08 Å². The molecule has 4 amide bonds. The summed E-state index contributed by atoms with van der Waals surface area (Å²) in [6.07, 6.45) is 5.69. The van der Waals surface area contributed by atoms with Crippen LogP contribution in [0.5, 0.6) is 0 Å². The molecular formula is C30H42N4O5. The summed E-state index contributed by atoms with van der Waals surface area (Å²) >= 11 is 0. The molecular weight excluding hydrogens is 496 g/mol. The number of nitrogens with one attached hydrogen (secondary N) is 3. The summed E-state index contributed by atoms with van der Waals surface area (Å²) in [5.74, 6) is -1.45. The summed E-state index contributed by atoms with van der Waals surface area (Å²) in [5, 5.41) is 8.65. The lowest BCUT2D eigenvalue weighted by Gasteiger charge is -2.39. The Kier molecular flexibility index (Phi) is 11.3. The van der Waals surface area contributed by atoms with Crippen molar-refractivity contribution in [1.29, 1.82) is 0 Å². The van der Waals surface area contributed by atoms with Crippen molar-refractivity contribution >= 4 is 29.4 Å². The van der Waals surface area contributed by atoms with Crippen LogP contribution in [0.3, 0.4) is 0 Å². The average Bonchev–Trinajstić information content (AvgIpc) is 2.92. The first-order chi connectivity index (χ1) is 18.7. The molecule has 39 heavy (non-hydrogen) atoms. The van der Waals surface area contributed by atoms with E-state index in [-0.39, 0.29) is 29.9 Å². The normalized spacial score (nSPS) is 24.5. The second-order valence-corrected chi connectivity index (χ2v) is 11.0. The number of fused-ring (bicyclic) bond motifs is 1. The van der Waals surface area contributed by atoms with Crippen LogP contribution in [0.25, 0.3) is 0 Å². The van der Waals surface area contributed by atoms with Gasteiger partial charge in [-0.1, -0.05) is 57.2 Å². The van der Waals surface area contributed by atoms with Crippen LogP contribution in [0.15, 0.2) is 43.0 Å². The maximum atomic E-state index is 13.7. The van der Waals surface area contributed by atoms with Gasteiger partial charge in [0.05, 0.1) is 0 Å². The molecule has 9 nitrogen and oxygen atoms in total. The van der Waals surface area contributed by atoms with Crippen LogP contribution >= 0.6 is 0 Å². The number of rotatable bonds is 10. The van der Waals surface area contributed by atoms with Gasteiger partial charge >= 0.3 is 0 Å². The summed E-state index contributed by atoms with van der Waals surface area (Å²) in [7, 11) is 0. The molecule has 0 spiro atoms. The van der Waals surface area contributed by atoms with Crippen molar-refractivity contribution < 1.29 is 24.0 Å². The van der Waals surface area contributed by atoms with Crippen LogP contribution in [-0.2, 0) is 30.4 Å². The first-order valence-corrected chi connectivity index (χ1v) is 14.1. The highest BCUT2D eigenvalue weighted by molar-refractivity contribution is 5.97. The van der Waals surface area contributed by atoms with Gasteiger partial charge in [0.2, 0.25) is 23.6 Å². The standard InChI is InChI=1S/C30H42N4O5/c1-4-22(35)14-8-9-15-23-27(36)32-24(19-21-12-6-5-7-13-21)28(37)33-25(18-20(2)3)30(39)34-17-11-10-16-26(34)29(38)31-23/h4-7,12-13,20,23-26H,1,8-11,14-19H2,2-3H3,(H,31,38)(H,32,36)(H,33,37). The maximum Gasteiger partial charge on any atom is 0.245 e. The number of nitrogens with zero attached hydrogens (tertiary/aromatic N) is 1.